The molecule has 108 valence electrons. The molecule has 0 bridgehead atoms. The van der Waals surface area contributed by atoms with Crippen LogP contribution in [0.1, 0.15) is 19.4 Å². The van der Waals surface area contributed by atoms with Crippen LogP contribution >= 0.6 is 0 Å². The van der Waals surface area contributed by atoms with Gasteiger partial charge >= 0.3 is 0 Å². The smallest absolute Gasteiger partial charge is 0.242 e. The van der Waals surface area contributed by atoms with E-state index in [-0.39, 0.29) is 11.4 Å². The van der Waals surface area contributed by atoms with Crippen LogP contribution in [0.5, 0.6) is 0 Å². The van der Waals surface area contributed by atoms with E-state index in [1.165, 1.54) is 19.9 Å². The van der Waals surface area contributed by atoms with E-state index < -0.39 is 21.5 Å². The molecule has 1 rings (SSSR count). The maximum absolute atomic E-state index is 12.3. The van der Waals surface area contributed by atoms with Crippen LogP contribution in [-0.2, 0) is 14.8 Å². The average molecular weight is 295 g/mol. The van der Waals surface area contributed by atoms with Gasteiger partial charge in [-0.15, -0.1) is 0 Å². The van der Waals surface area contributed by atoms with Crippen molar-refractivity contribution in [1.29, 1.82) is 0 Å². The maximum atomic E-state index is 12.3. The number of carbonyl (C=O) groups excluding carboxylic acids is 1. The van der Waals surface area contributed by atoms with Crippen molar-refractivity contribution >= 4 is 15.9 Å². The van der Waals surface area contributed by atoms with Crippen molar-refractivity contribution in [3.63, 3.8) is 0 Å². The molecule has 0 aromatic heterocycles. The first kappa shape index (κ1) is 16.2. The predicted molar refractivity (Wildman–Crippen MR) is 76.0 cm³/mol. The number of amides is 1. The largest absolute Gasteiger partial charge is 0.368 e. The highest BCUT2D eigenvalue weighted by Gasteiger charge is 2.32. The van der Waals surface area contributed by atoms with Gasteiger partial charge in [-0.2, -0.15) is 4.72 Å². The third kappa shape index (κ3) is 3.81. The second kappa shape index (κ2) is 6.05. The summed E-state index contributed by atoms with van der Waals surface area (Å²) < 4.78 is 26.9. The highest BCUT2D eigenvalue weighted by molar-refractivity contribution is 7.89. The number of sulfonamides is 1. The van der Waals surface area contributed by atoms with Crippen LogP contribution in [0.4, 0.5) is 0 Å². The molecule has 5 N–H and O–H groups in total. The Labute approximate surface area is 118 Å². The lowest BCUT2D eigenvalue weighted by molar-refractivity contribution is -0.122. The molecule has 0 atom stereocenters. The molecule has 7 heteroatoms. The molecule has 0 spiro atoms. The van der Waals surface area contributed by atoms with Crippen LogP contribution in [0.3, 0.4) is 0 Å². The van der Waals surface area contributed by atoms with Gasteiger partial charge in [0.05, 0.1) is 11.4 Å². The summed E-state index contributed by atoms with van der Waals surface area (Å²) in [5.74, 6) is 4.51. The van der Waals surface area contributed by atoms with Crippen molar-refractivity contribution in [2.24, 2.45) is 11.5 Å². The van der Waals surface area contributed by atoms with E-state index in [1.54, 1.807) is 18.2 Å². The molecule has 6 nitrogen and oxygen atoms in total. The highest BCUT2D eigenvalue weighted by Crippen LogP contribution is 2.17. The fraction of sp³-hybridized carbons (Fsp3) is 0.308. The zero-order valence-corrected chi connectivity index (χ0v) is 12.1. The van der Waals surface area contributed by atoms with E-state index in [1.807, 2.05) is 0 Å². The lowest BCUT2D eigenvalue weighted by Crippen LogP contribution is -2.52. The Morgan fingerprint density at radius 2 is 1.95 bits per heavy atom. The highest BCUT2D eigenvalue weighted by atomic mass is 32.2. The van der Waals surface area contributed by atoms with Crippen LogP contribution in [0.2, 0.25) is 0 Å². The van der Waals surface area contributed by atoms with Crippen LogP contribution in [-0.4, -0.2) is 26.4 Å². The molecule has 0 radical (unpaired) electrons. The first-order valence-corrected chi connectivity index (χ1v) is 7.31. The standard InChI is InChI=1S/C13H17N3O3S/c1-13(2,12(15)17)16-20(18,19)11-8-4-3-6-10(11)7-5-9-14/h3-4,6,8,16H,9,14H2,1-2H3,(H2,15,17). The van der Waals surface area contributed by atoms with Crippen molar-refractivity contribution < 1.29 is 13.2 Å². The number of hydrogen-bond acceptors (Lipinski definition) is 4. The van der Waals surface area contributed by atoms with E-state index in [0.717, 1.165) is 0 Å². The molecule has 0 heterocycles. The summed E-state index contributed by atoms with van der Waals surface area (Å²) in [6.07, 6.45) is 0. The van der Waals surface area contributed by atoms with Gasteiger partial charge in [0.15, 0.2) is 0 Å². The minimum Gasteiger partial charge on any atom is -0.368 e. The van der Waals surface area contributed by atoms with E-state index in [2.05, 4.69) is 16.6 Å². The van der Waals surface area contributed by atoms with Gasteiger partial charge in [0, 0.05) is 5.56 Å². The van der Waals surface area contributed by atoms with Crippen molar-refractivity contribution in [3.8, 4) is 11.8 Å². The molecule has 1 aromatic rings. The number of carbonyl (C=O) groups is 1. The molecule has 0 fully saturated rings. The van der Waals surface area contributed by atoms with E-state index >= 15 is 0 Å². The number of benzene rings is 1. The Kier molecular flexibility index (Phi) is 4.89. The first-order chi connectivity index (χ1) is 9.20. The predicted octanol–water partition coefficient (Wildman–Crippen LogP) is -0.461. The topological polar surface area (TPSA) is 115 Å². The maximum Gasteiger partial charge on any atom is 0.242 e. The summed E-state index contributed by atoms with van der Waals surface area (Å²) in [5.41, 5.74) is 9.36. The monoisotopic (exact) mass is 295 g/mol. The third-order valence-corrected chi connectivity index (χ3v) is 4.22. The molecule has 0 saturated carbocycles. The Morgan fingerprint density at radius 1 is 1.35 bits per heavy atom. The fourth-order valence-corrected chi connectivity index (χ4v) is 2.94. The van der Waals surface area contributed by atoms with Gasteiger partial charge in [-0.25, -0.2) is 8.42 Å². The normalized spacial score (nSPS) is 11.6. The molecule has 0 unspecified atom stereocenters. The molecular formula is C13H17N3O3S. The molecule has 1 amide bonds. The summed E-state index contributed by atoms with van der Waals surface area (Å²) in [5, 5.41) is 0. The van der Waals surface area contributed by atoms with Gasteiger partial charge < -0.3 is 11.5 Å². The van der Waals surface area contributed by atoms with E-state index in [9.17, 15) is 13.2 Å². The number of primary amides is 1. The number of hydrogen-bond donors (Lipinski definition) is 3. The van der Waals surface area contributed by atoms with Gasteiger partial charge in [-0.1, -0.05) is 24.0 Å². The van der Waals surface area contributed by atoms with Crippen molar-refractivity contribution in [1.82, 2.24) is 4.72 Å². The van der Waals surface area contributed by atoms with Crippen molar-refractivity contribution in [2.75, 3.05) is 6.54 Å². The molecule has 0 saturated heterocycles. The summed E-state index contributed by atoms with van der Waals surface area (Å²) in [4.78, 5) is 11.2. The van der Waals surface area contributed by atoms with Crippen LogP contribution < -0.4 is 16.2 Å². The Balaban J connectivity index is 3.27. The number of rotatable bonds is 4. The summed E-state index contributed by atoms with van der Waals surface area (Å²) in [6.45, 7) is 2.90. The van der Waals surface area contributed by atoms with Gasteiger partial charge in [-0.3, -0.25) is 4.79 Å². The van der Waals surface area contributed by atoms with Gasteiger partial charge in [-0.05, 0) is 26.0 Å². The summed E-state index contributed by atoms with van der Waals surface area (Å²) in [7, 11) is -3.92. The molecular weight excluding hydrogens is 278 g/mol. The zero-order valence-electron chi connectivity index (χ0n) is 11.3. The SMILES string of the molecule is CC(C)(NS(=O)(=O)c1ccccc1C#CCN)C(N)=O. The lowest BCUT2D eigenvalue weighted by Gasteiger charge is -2.22. The quantitative estimate of drug-likeness (QED) is 0.652. The van der Waals surface area contributed by atoms with Gasteiger partial charge in [0.25, 0.3) is 0 Å². The molecule has 1 aromatic carbocycles. The number of nitrogens with two attached hydrogens (primary N) is 2. The lowest BCUT2D eigenvalue weighted by atomic mass is 10.1. The molecule has 0 aliphatic carbocycles. The molecule has 0 aliphatic heterocycles. The average Bonchev–Trinajstić information content (AvgIpc) is 2.35. The Morgan fingerprint density at radius 3 is 2.50 bits per heavy atom. The van der Waals surface area contributed by atoms with Crippen molar-refractivity contribution in [2.45, 2.75) is 24.3 Å². The Hall–Kier alpha value is -1.88. The first-order valence-electron chi connectivity index (χ1n) is 5.82. The van der Waals surface area contributed by atoms with Crippen LogP contribution in [0.15, 0.2) is 29.2 Å². The fourth-order valence-electron chi connectivity index (χ4n) is 1.39. The van der Waals surface area contributed by atoms with Crippen molar-refractivity contribution in [3.05, 3.63) is 29.8 Å². The van der Waals surface area contributed by atoms with Gasteiger partial charge in [0.1, 0.15) is 5.54 Å². The third-order valence-electron chi connectivity index (χ3n) is 2.51. The Bertz CT molecular complexity index is 670. The second-order valence-electron chi connectivity index (χ2n) is 4.60. The zero-order chi connectivity index (χ0) is 15.4. The van der Waals surface area contributed by atoms with Crippen LogP contribution in [0.25, 0.3) is 0 Å². The second-order valence-corrected chi connectivity index (χ2v) is 6.25. The van der Waals surface area contributed by atoms with E-state index in [0.29, 0.717) is 5.56 Å². The van der Waals surface area contributed by atoms with E-state index in [4.69, 9.17) is 11.5 Å². The van der Waals surface area contributed by atoms with Crippen LogP contribution in [0, 0.1) is 11.8 Å². The molecule has 20 heavy (non-hydrogen) atoms. The number of nitrogens with one attached hydrogen (secondary N) is 1. The summed E-state index contributed by atoms with van der Waals surface area (Å²) in [6, 6.07) is 6.20. The summed E-state index contributed by atoms with van der Waals surface area (Å²) >= 11 is 0. The van der Waals surface area contributed by atoms with Gasteiger partial charge in [0.2, 0.25) is 15.9 Å². The minimum absolute atomic E-state index is 0.0183. The minimum atomic E-state index is -3.92. The molecule has 0 aliphatic rings.